The van der Waals surface area contributed by atoms with E-state index in [4.69, 9.17) is 17.3 Å². The van der Waals surface area contributed by atoms with E-state index in [1.807, 2.05) is 0 Å². The van der Waals surface area contributed by atoms with E-state index in [9.17, 15) is 9.59 Å². The Labute approximate surface area is 127 Å². The number of nitrogens with two attached hydrogens (primary N) is 1. The Hall–Kier alpha value is -1.79. The average molecular weight is 309 g/mol. The number of hydrogen-bond acceptors (Lipinski definition) is 3. The number of urea groups is 1. The lowest BCUT2D eigenvalue weighted by Crippen LogP contribution is -2.32. The summed E-state index contributed by atoms with van der Waals surface area (Å²) in [4.78, 5) is 27.5. The van der Waals surface area contributed by atoms with Crippen molar-refractivity contribution in [2.75, 3.05) is 31.1 Å². The molecule has 0 bridgehead atoms. The lowest BCUT2D eigenvalue weighted by Gasteiger charge is -2.19. The SMILES string of the molecule is N[C@@H]1CCN(C(=O)c2ccc(Cl)c(N3CCNC3=O)c2)C1. The van der Waals surface area contributed by atoms with E-state index >= 15 is 0 Å². The minimum Gasteiger partial charge on any atom is -0.337 e. The molecule has 2 aliphatic heterocycles. The lowest BCUT2D eigenvalue weighted by atomic mass is 10.1. The summed E-state index contributed by atoms with van der Waals surface area (Å²) in [6.07, 6.45) is 0.820. The van der Waals surface area contributed by atoms with Crippen molar-refractivity contribution in [1.29, 1.82) is 0 Å². The highest BCUT2D eigenvalue weighted by Crippen LogP contribution is 2.29. The van der Waals surface area contributed by atoms with Crippen LogP contribution in [0.1, 0.15) is 16.8 Å². The maximum absolute atomic E-state index is 12.5. The number of amides is 3. The molecule has 2 saturated heterocycles. The highest BCUT2D eigenvalue weighted by Gasteiger charge is 2.27. The van der Waals surface area contributed by atoms with Crippen LogP contribution in [-0.4, -0.2) is 49.1 Å². The van der Waals surface area contributed by atoms with Gasteiger partial charge in [0, 0.05) is 37.8 Å². The van der Waals surface area contributed by atoms with Crippen molar-refractivity contribution < 1.29 is 9.59 Å². The van der Waals surface area contributed by atoms with E-state index < -0.39 is 0 Å². The third-order valence-electron chi connectivity index (χ3n) is 3.85. The second-order valence-corrected chi connectivity index (χ2v) is 5.76. The Bertz CT molecular complexity index is 592. The van der Waals surface area contributed by atoms with E-state index in [1.165, 1.54) is 0 Å². The molecule has 1 aromatic carbocycles. The van der Waals surface area contributed by atoms with Gasteiger partial charge in [0.1, 0.15) is 0 Å². The first kappa shape index (κ1) is 14.2. The van der Waals surface area contributed by atoms with Crippen molar-refractivity contribution in [1.82, 2.24) is 10.2 Å². The predicted octanol–water partition coefficient (Wildman–Crippen LogP) is 1.04. The standard InChI is InChI=1S/C14H17ClN4O2/c15-11-2-1-9(13(20)18-5-3-10(16)8-18)7-12(11)19-6-4-17-14(19)21/h1-2,7,10H,3-6,8,16H2,(H,17,21)/t10-/m1/s1. The van der Waals surface area contributed by atoms with Crippen molar-refractivity contribution in [3.63, 3.8) is 0 Å². The van der Waals surface area contributed by atoms with Gasteiger partial charge < -0.3 is 16.0 Å². The summed E-state index contributed by atoms with van der Waals surface area (Å²) in [5.41, 5.74) is 6.94. The number of carbonyl (C=O) groups excluding carboxylic acids is 2. The molecule has 6 nitrogen and oxygen atoms in total. The Kier molecular flexibility index (Phi) is 3.73. The van der Waals surface area contributed by atoms with Gasteiger partial charge in [0.25, 0.3) is 5.91 Å². The van der Waals surface area contributed by atoms with Crippen molar-refractivity contribution in [2.45, 2.75) is 12.5 Å². The minimum atomic E-state index is -0.190. The summed E-state index contributed by atoms with van der Waals surface area (Å²) >= 11 is 6.16. The van der Waals surface area contributed by atoms with Crippen LogP contribution < -0.4 is 16.0 Å². The fourth-order valence-corrected chi connectivity index (χ4v) is 2.93. The van der Waals surface area contributed by atoms with Crippen LogP contribution in [0.2, 0.25) is 5.02 Å². The lowest BCUT2D eigenvalue weighted by molar-refractivity contribution is 0.0791. The van der Waals surface area contributed by atoms with Crippen LogP contribution in [0, 0.1) is 0 Å². The molecular formula is C14H17ClN4O2. The largest absolute Gasteiger partial charge is 0.337 e. The quantitative estimate of drug-likeness (QED) is 0.857. The molecule has 7 heteroatoms. The molecule has 1 atom stereocenters. The third kappa shape index (κ3) is 2.69. The number of likely N-dealkylation sites (tertiary alicyclic amines) is 1. The van der Waals surface area contributed by atoms with Gasteiger partial charge in [0.2, 0.25) is 0 Å². The van der Waals surface area contributed by atoms with Gasteiger partial charge in [-0.2, -0.15) is 0 Å². The van der Waals surface area contributed by atoms with Gasteiger partial charge in [-0.1, -0.05) is 11.6 Å². The predicted molar refractivity (Wildman–Crippen MR) is 80.7 cm³/mol. The zero-order chi connectivity index (χ0) is 15.0. The van der Waals surface area contributed by atoms with Crippen molar-refractivity contribution in [3.8, 4) is 0 Å². The van der Waals surface area contributed by atoms with Crippen molar-refractivity contribution >= 4 is 29.2 Å². The number of benzene rings is 1. The topological polar surface area (TPSA) is 78.7 Å². The summed E-state index contributed by atoms with van der Waals surface area (Å²) in [7, 11) is 0. The van der Waals surface area contributed by atoms with Crippen LogP contribution in [0.3, 0.4) is 0 Å². The summed E-state index contributed by atoms with van der Waals surface area (Å²) in [6.45, 7) is 2.36. The zero-order valence-electron chi connectivity index (χ0n) is 11.5. The second-order valence-electron chi connectivity index (χ2n) is 5.35. The van der Waals surface area contributed by atoms with E-state index in [0.717, 1.165) is 6.42 Å². The van der Waals surface area contributed by atoms with Gasteiger partial charge in [-0.15, -0.1) is 0 Å². The normalized spacial score (nSPS) is 21.8. The molecule has 0 saturated carbocycles. The molecule has 0 aromatic heterocycles. The van der Waals surface area contributed by atoms with E-state index in [2.05, 4.69) is 5.32 Å². The van der Waals surface area contributed by atoms with Crippen LogP contribution in [0.15, 0.2) is 18.2 Å². The highest BCUT2D eigenvalue weighted by molar-refractivity contribution is 6.34. The number of hydrogen-bond donors (Lipinski definition) is 2. The molecule has 0 radical (unpaired) electrons. The molecule has 0 unspecified atom stereocenters. The summed E-state index contributed by atoms with van der Waals surface area (Å²) in [5, 5.41) is 3.18. The van der Waals surface area contributed by atoms with Gasteiger partial charge in [-0.05, 0) is 24.6 Å². The molecule has 3 N–H and O–H groups in total. The summed E-state index contributed by atoms with van der Waals surface area (Å²) in [6, 6.07) is 4.88. The van der Waals surface area contributed by atoms with Gasteiger partial charge in [0.05, 0.1) is 10.7 Å². The number of nitrogens with zero attached hydrogens (tertiary/aromatic N) is 2. The summed E-state index contributed by atoms with van der Waals surface area (Å²) < 4.78 is 0. The van der Waals surface area contributed by atoms with E-state index in [-0.39, 0.29) is 18.0 Å². The molecule has 21 heavy (non-hydrogen) atoms. The Morgan fingerprint density at radius 2 is 2.19 bits per heavy atom. The summed E-state index contributed by atoms with van der Waals surface area (Å²) in [5.74, 6) is -0.0690. The minimum absolute atomic E-state index is 0.0464. The third-order valence-corrected chi connectivity index (χ3v) is 4.17. The van der Waals surface area contributed by atoms with Crippen molar-refractivity contribution in [2.24, 2.45) is 5.73 Å². The Morgan fingerprint density at radius 1 is 1.38 bits per heavy atom. The highest BCUT2D eigenvalue weighted by atomic mass is 35.5. The molecule has 2 heterocycles. The molecular weight excluding hydrogens is 292 g/mol. The maximum Gasteiger partial charge on any atom is 0.322 e. The first-order chi connectivity index (χ1) is 10.1. The first-order valence-electron chi connectivity index (χ1n) is 6.96. The number of carbonyl (C=O) groups is 2. The second kappa shape index (κ2) is 5.54. The molecule has 1 aromatic rings. The number of rotatable bonds is 2. The zero-order valence-corrected chi connectivity index (χ0v) is 12.3. The molecule has 0 aliphatic carbocycles. The first-order valence-corrected chi connectivity index (χ1v) is 7.34. The van der Waals surface area contributed by atoms with Gasteiger partial charge in [-0.3, -0.25) is 9.69 Å². The molecule has 3 rings (SSSR count). The number of anilines is 1. The average Bonchev–Trinajstić information content (AvgIpc) is 3.07. The monoisotopic (exact) mass is 308 g/mol. The Balaban J connectivity index is 1.87. The van der Waals surface area contributed by atoms with Crippen LogP contribution in [0.25, 0.3) is 0 Å². The van der Waals surface area contributed by atoms with Crippen LogP contribution in [0.5, 0.6) is 0 Å². The van der Waals surface area contributed by atoms with Crippen LogP contribution in [0.4, 0.5) is 10.5 Å². The van der Waals surface area contributed by atoms with E-state index in [1.54, 1.807) is 28.0 Å². The molecule has 2 aliphatic rings. The van der Waals surface area contributed by atoms with Crippen LogP contribution in [-0.2, 0) is 0 Å². The van der Waals surface area contributed by atoms with Gasteiger partial charge in [-0.25, -0.2) is 4.79 Å². The maximum atomic E-state index is 12.5. The fraction of sp³-hybridized carbons (Fsp3) is 0.429. The molecule has 0 spiro atoms. The molecule has 3 amide bonds. The molecule has 2 fully saturated rings. The van der Waals surface area contributed by atoms with Gasteiger partial charge in [0.15, 0.2) is 0 Å². The van der Waals surface area contributed by atoms with E-state index in [0.29, 0.717) is 42.5 Å². The van der Waals surface area contributed by atoms with Gasteiger partial charge >= 0.3 is 6.03 Å². The van der Waals surface area contributed by atoms with Crippen molar-refractivity contribution in [3.05, 3.63) is 28.8 Å². The number of halogens is 1. The molecule has 112 valence electrons. The van der Waals surface area contributed by atoms with Crippen LogP contribution >= 0.6 is 11.6 Å². The fourth-order valence-electron chi connectivity index (χ4n) is 2.71. The number of nitrogens with one attached hydrogen (secondary N) is 1. The Morgan fingerprint density at radius 3 is 2.81 bits per heavy atom. The smallest absolute Gasteiger partial charge is 0.322 e.